The molecule has 0 radical (unpaired) electrons. The number of hydrogen-bond donors (Lipinski definition) is 1. The number of ether oxygens (including phenoxy) is 2. The fourth-order valence-corrected chi connectivity index (χ4v) is 3.71. The molecule has 0 spiro atoms. The fourth-order valence-electron chi connectivity index (χ4n) is 3.71. The Balaban J connectivity index is 1.74. The van der Waals surface area contributed by atoms with E-state index in [1.807, 2.05) is 31.2 Å². The van der Waals surface area contributed by atoms with Crippen molar-refractivity contribution in [1.82, 2.24) is 15.1 Å². The summed E-state index contributed by atoms with van der Waals surface area (Å²) in [6, 6.07) is 13.8. The smallest absolute Gasteiger partial charge is 0.325 e. The third-order valence-electron chi connectivity index (χ3n) is 5.59. The first kappa shape index (κ1) is 22.1. The van der Waals surface area contributed by atoms with E-state index in [0.29, 0.717) is 23.5 Å². The summed E-state index contributed by atoms with van der Waals surface area (Å²) >= 11 is 0. The summed E-state index contributed by atoms with van der Waals surface area (Å²) in [6.45, 7) is 1.75. The second kappa shape index (κ2) is 9.07. The molecule has 1 heterocycles. The Morgan fingerprint density at radius 2 is 1.81 bits per heavy atom. The number of likely N-dealkylation sites (N-methyl/N-ethyl adjacent to an activating group) is 1. The minimum Gasteiger partial charge on any atom is -0.497 e. The van der Waals surface area contributed by atoms with E-state index in [1.54, 1.807) is 45.5 Å². The first-order chi connectivity index (χ1) is 14.9. The standard InChI is InChI=1S/C23H27N3O5/c1-5-23(17-9-7-6-8-10-17)21(28)26(22(29)24-23)15-20(27)25(2)14-16-11-12-18(30-3)13-19(16)31-4/h6-13H,5,14-15H2,1-4H3,(H,24,29). The maximum atomic E-state index is 13.2. The van der Waals surface area contributed by atoms with Crippen LogP contribution in [0, 0.1) is 0 Å². The number of nitrogens with one attached hydrogen (secondary N) is 1. The first-order valence-electron chi connectivity index (χ1n) is 10.0. The number of carbonyl (C=O) groups is 3. The lowest BCUT2D eigenvalue weighted by Gasteiger charge is -2.26. The third-order valence-corrected chi connectivity index (χ3v) is 5.59. The molecule has 1 atom stereocenters. The van der Waals surface area contributed by atoms with Crippen molar-refractivity contribution in [3.63, 3.8) is 0 Å². The highest BCUT2D eigenvalue weighted by Gasteiger charge is 2.51. The number of methoxy groups -OCH3 is 2. The zero-order chi connectivity index (χ0) is 22.6. The number of nitrogens with zero attached hydrogens (tertiary/aromatic N) is 2. The predicted octanol–water partition coefficient (Wildman–Crippen LogP) is 2.52. The average molecular weight is 425 g/mol. The number of benzene rings is 2. The van der Waals surface area contributed by atoms with E-state index in [-0.39, 0.29) is 19.0 Å². The second-order valence-electron chi connectivity index (χ2n) is 7.37. The molecule has 1 N–H and O–H groups in total. The van der Waals surface area contributed by atoms with E-state index in [0.717, 1.165) is 10.5 Å². The van der Waals surface area contributed by atoms with Crippen LogP contribution in [-0.2, 0) is 21.7 Å². The van der Waals surface area contributed by atoms with Gasteiger partial charge in [-0.05, 0) is 24.1 Å². The molecular weight excluding hydrogens is 398 g/mol. The molecule has 0 aliphatic carbocycles. The number of urea groups is 1. The zero-order valence-corrected chi connectivity index (χ0v) is 18.2. The first-order valence-corrected chi connectivity index (χ1v) is 10.0. The minimum atomic E-state index is -1.16. The van der Waals surface area contributed by atoms with Gasteiger partial charge in [-0.1, -0.05) is 37.3 Å². The van der Waals surface area contributed by atoms with Gasteiger partial charge in [-0.2, -0.15) is 0 Å². The topological polar surface area (TPSA) is 88.2 Å². The summed E-state index contributed by atoms with van der Waals surface area (Å²) in [4.78, 5) is 41.1. The van der Waals surface area contributed by atoms with Gasteiger partial charge in [0, 0.05) is 25.2 Å². The normalized spacial score (nSPS) is 18.0. The van der Waals surface area contributed by atoms with Crippen molar-refractivity contribution in [2.45, 2.75) is 25.4 Å². The predicted molar refractivity (Wildman–Crippen MR) is 115 cm³/mol. The van der Waals surface area contributed by atoms with Crippen molar-refractivity contribution >= 4 is 17.8 Å². The van der Waals surface area contributed by atoms with Gasteiger partial charge in [0.25, 0.3) is 5.91 Å². The fraction of sp³-hybridized carbons (Fsp3) is 0.348. The van der Waals surface area contributed by atoms with Crippen molar-refractivity contribution in [3.8, 4) is 11.5 Å². The largest absolute Gasteiger partial charge is 0.497 e. The van der Waals surface area contributed by atoms with Crippen LogP contribution < -0.4 is 14.8 Å². The molecule has 1 fully saturated rings. The summed E-state index contributed by atoms with van der Waals surface area (Å²) < 4.78 is 10.6. The van der Waals surface area contributed by atoms with Crippen molar-refractivity contribution in [2.75, 3.05) is 27.8 Å². The van der Waals surface area contributed by atoms with E-state index in [1.165, 1.54) is 4.90 Å². The second-order valence-corrected chi connectivity index (χ2v) is 7.37. The van der Waals surface area contributed by atoms with Gasteiger partial charge in [-0.25, -0.2) is 4.79 Å². The van der Waals surface area contributed by atoms with Crippen LogP contribution in [-0.4, -0.2) is 55.5 Å². The Morgan fingerprint density at radius 1 is 1.10 bits per heavy atom. The summed E-state index contributed by atoms with van der Waals surface area (Å²) in [5, 5.41) is 2.79. The summed E-state index contributed by atoms with van der Waals surface area (Å²) in [7, 11) is 4.73. The summed E-state index contributed by atoms with van der Waals surface area (Å²) in [5.41, 5.74) is 0.321. The lowest BCUT2D eigenvalue weighted by atomic mass is 9.87. The van der Waals surface area contributed by atoms with Crippen LogP contribution in [0.5, 0.6) is 11.5 Å². The van der Waals surface area contributed by atoms with Crippen molar-refractivity contribution in [3.05, 3.63) is 59.7 Å². The van der Waals surface area contributed by atoms with Crippen LogP contribution >= 0.6 is 0 Å². The molecule has 1 aliphatic heterocycles. The van der Waals surface area contributed by atoms with Gasteiger partial charge in [-0.15, -0.1) is 0 Å². The van der Waals surface area contributed by atoms with Crippen LogP contribution in [0.4, 0.5) is 4.79 Å². The molecule has 4 amide bonds. The highest BCUT2D eigenvalue weighted by atomic mass is 16.5. The Hall–Kier alpha value is -3.55. The van der Waals surface area contributed by atoms with E-state index < -0.39 is 17.5 Å². The number of hydrogen-bond acceptors (Lipinski definition) is 5. The molecule has 0 aromatic heterocycles. The molecule has 0 bridgehead atoms. The van der Waals surface area contributed by atoms with E-state index in [4.69, 9.17) is 9.47 Å². The molecule has 1 aliphatic rings. The van der Waals surface area contributed by atoms with Gasteiger partial charge < -0.3 is 19.7 Å². The van der Waals surface area contributed by atoms with Crippen molar-refractivity contribution in [1.29, 1.82) is 0 Å². The molecular formula is C23H27N3O5. The summed E-state index contributed by atoms with van der Waals surface area (Å²) in [6.07, 6.45) is 0.380. The molecule has 31 heavy (non-hydrogen) atoms. The lowest BCUT2D eigenvalue weighted by molar-refractivity contribution is -0.138. The molecule has 2 aromatic carbocycles. The number of imide groups is 1. The van der Waals surface area contributed by atoms with Crippen molar-refractivity contribution in [2.24, 2.45) is 0 Å². The minimum absolute atomic E-state index is 0.257. The Kier molecular flexibility index (Phi) is 6.48. The summed E-state index contributed by atoms with van der Waals surface area (Å²) in [5.74, 6) is 0.449. The Labute approximate surface area is 181 Å². The molecule has 2 aromatic rings. The molecule has 1 saturated heterocycles. The molecule has 1 unspecified atom stereocenters. The average Bonchev–Trinajstić information content (AvgIpc) is 3.04. The Bertz CT molecular complexity index is 978. The van der Waals surface area contributed by atoms with Gasteiger partial charge in [-0.3, -0.25) is 14.5 Å². The number of amides is 4. The van der Waals surface area contributed by atoms with Gasteiger partial charge >= 0.3 is 6.03 Å². The van der Waals surface area contributed by atoms with E-state index >= 15 is 0 Å². The van der Waals surface area contributed by atoms with Gasteiger partial charge in [0.1, 0.15) is 23.6 Å². The van der Waals surface area contributed by atoms with E-state index in [2.05, 4.69) is 5.32 Å². The SMILES string of the molecule is CCC1(c2ccccc2)NC(=O)N(CC(=O)N(C)Cc2ccc(OC)cc2OC)C1=O. The molecule has 8 heteroatoms. The molecule has 0 saturated carbocycles. The van der Waals surface area contributed by atoms with Gasteiger partial charge in [0.2, 0.25) is 5.91 Å². The van der Waals surface area contributed by atoms with Crippen LogP contribution in [0.15, 0.2) is 48.5 Å². The Morgan fingerprint density at radius 3 is 2.42 bits per heavy atom. The quantitative estimate of drug-likeness (QED) is 0.657. The number of rotatable bonds is 8. The highest BCUT2D eigenvalue weighted by Crippen LogP contribution is 2.32. The van der Waals surface area contributed by atoms with Crippen LogP contribution in [0.1, 0.15) is 24.5 Å². The van der Waals surface area contributed by atoms with Crippen LogP contribution in [0.3, 0.4) is 0 Å². The molecule has 164 valence electrons. The maximum absolute atomic E-state index is 13.2. The third kappa shape index (κ3) is 4.19. The number of carbonyl (C=O) groups excluding carboxylic acids is 3. The van der Waals surface area contributed by atoms with Crippen LogP contribution in [0.2, 0.25) is 0 Å². The van der Waals surface area contributed by atoms with E-state index in [9.17, 15) is 14.4 Å². The van der Waals surface area contributed by atoms with Crippen LogP contribution in [0.25, 0.3) is 0 Å². The van der Waals surface area contributed by atoms with Gasteiger partial charge in [0.15, 0.2) is 0 Å². The molecule has 8 nitrogen and oxygen atoms in total. The molecule has 3 rings (SSSR count). The highest BCUT2D eigenvalue weighted by molar-refractivity contribution is 6.09. The maximum Gasteiger partial charge on any atom is 0.325 e. The monoisotopic (exact) mass is 425 g/mol. The zero-order valence-electron chi connectivity index (χ0n) is 18.2. The van der Waals surface area contributed by atoms with Gasteiger partial charge in [0.05, 0.1) is 14.2 Å². The van der Waals surface area contributed by atoms with Crippen molar-refractivity contribution < 1.29 is 23.9 Å². The lowest BCUT2D eigenvalue weighted by Crippen LogP contribution is -2.45.